The van der Waals surface area contributed by atoms with Gasteiger partial charge in [-0.1, -0.05) is 11.6 Å². The summed E-state index contributed by atoms with van der Waals surface area (Å²) in [6, 6.07) is 1.89. The van der Waals surface area contributed by atoms with Crippen molar-refractivity contribution < 1.29 is 9.53 Å². The highest BCUT2D eigenvalue weighted by Gasteiger charge is 2.17. The second-order valence-corrected chi connectivity index (χ2v) is 3.98. The Labute approximate surface area is 97.9 Å². The molecule has 0 aromatic carbocycles. The van der Waals surface area contributed by atoms with Crippen molar-refractivity contribution >= 4 is 17.5 Å². The number of carbonyl (C=O) groups excluding carboxylic acids is 1. The van der Waals surface area contributed by atoms with E-state index in [-0.39, 0.29) is 10.7 Å². The van der Waals surface area contributed by atoms with Crippen molar-refractivity contribution in [3.05, 3.63) is 23.0 Å². The lowest BCUT2D eigenvalue weighted by molar-refractivity contribution is 0.0999. The highest BCUT2D eigenvalue weighted by atomic mass is 35.5. The van der Waals surface area contributed by atoms with Crippen LogP contribution < -0.4 is 15.8 Å². The van der Waals surface area contributed by atoms with Gasteiger partial charge in [0, 0.05) is 6.04 Å². The highest BCUT2D eigenvalue weighted by molar-refractivity contribution is 6.32. The van der Waals surface area contributed by atoms with E-state index in [1.54, 1.807) is 0 Å². The molecule has 0 radical (unpaired) electrons. The van der Waals surface area contributed by atoms with Crippen LogP contribution in [0.1, 0.15) is 16.8 Å². The van der Waals surface area contributed by atoms with E-state index in [0.717, 1.165) is 13.0 Å². The zero-order valence-electron chi connectivity index (χ0n) is 8.57. The Hall–Kier alpha value is -1.33. The van der Waals surface area contributed by atoms with Gasteiger partial charge in [-0.3, -0.25) is 4.79 Å². The van der Waals surface area contributed by atoms with E-state index in [1.807, 2.05) is 0 Å². The number of nitrogens with one attached hydrogen (secondary N) is 1. The summed E-state index contributed by atoms with van der Waals surface area (Å²) >= 11 is 5.71. The topological polar surface area (TPSA) is 77.2 Å². The molecular formula is C10H12ClN3O2. The average molecular weight is 242 g/mol. The minimum atomic E-state index is -0.607. The number of hydrogen-bond acceptors (Lipinski definition) is 4. The standard InChI is InChI=1S/C10H12ClN3O2/c11-9-8(10(12)15)3-7(4-14-9)16-5-6-1-2-13-6/h3-4,6,13H,1-2,5H2,(H2,12,15). The summed E-state index contributed by atoms with van der Waals surface area (Å²) in [6.07, 6.45) is 2.58. The van der Waals surface area contributed by atoms with E-state index < -0.39 is 5.91 Å². The third kappa shape index (κ3) is 2.43. The van der Waals surface area contributed by atoms with E-state index in [1.165, 1.54) is 12.3 Å². The first-order valence-electron chi connectivity index (χ1n) is 4.98. The van der Waals surface area contributed by atoms with Gasteiger partial charge in [0.05, 0.1) is 11.8 Å². The molecule has 1 atom stereocenters. The Morgan fingerprint density at radius 3 is 3.06 bits per heavy atom. The maximum atomic E-state index is 11.0. The molecule has 86 valence electrons. The molecule has 5 nitrogen and oxygen atoms in total. The first-order valence-corrected chi connectivity index (χ1v) is 5.36. The Balaban J connectivity index is 2.03. The van der Waals surface area contributed by atoms with Crippen LogP contribution in [0.25, 0.3) is 0 Å². The molecule has 1 aromatic heterocycles. The van der Waals surface area contributed by atoms with E-state index in [0.29, 0.717) is 18.4 Å². The molecule has 0 bridgehead atoms. The summed E-state index contributed by atoms with van der Waals surface area (Å²) in [5.74, 6) is -0.100. The van der Waals surface area contributed by atoms with Crippen molar-refractivity contribution in [1.29, 1.82) is 0 Å². The van der Waals surface area contributed by atoms with Gasteiger partial charge in [-0.15, -0.1) is 0 Å². The average Bonchev–Trinajstić information content (AvgIpc) is 2.17. The molecule has 2 rings (SSSR count). The van der Waals surface area contributed by atoms with Gasteiger partial charge in [0.2, 0.25) is 0 Å². The smallest absolute Gasteiger partial charge is 0.251 e. The number of nitrogens with two attached hydrogens (primary N) is 1. The van der Waals surface area contributed by atoms with Crippen LogP contribution in [0.2, 0.25) is 5.15 Å². The number of primary amides is 1. The molecule has 2 heterocycles. The van der Waals surface area contributed by atoms with Gasteiger partial charge in [-0.05, 0) is 19.0 Å². The summed E-state index contributed by atoms with van der Waals surface area (Å²) in [7, 11) is 0. The number of rotatable bonds is 4. The van der Waals surface area contributed by atoms with E-state index in [9.17, 15) is 4.79 Å². The fraction of sp³-hybridized carbons (Fsp3) is 0.400. The van der Waals surface area contributed by atoms with Gasteiger partial charge < -0.3 is 15.8 Å². The van der Waals surface area contributed by atoms with Crippen LogP contribution >= 0.6 is 11.6 Å². The zero-order chi connectivity index (χ0) is 11.5. The molecular weight excluding hydrogens is 230 g/mol. The normalized spacial score (nSPS) is 18.9. The Kier molecular flexibility index (Phi) is 3.26. The van der Waals surface area contributed by atoms with Crippen LogP contribution in [-0.2, 0) is 0 Å². The first kappa shape index (κ1) is 11.2. The Morgan fingerprint density at radius 1 is 1.75 bits per heavy atom. The molecule has 1 fully saturated rings. The van der Waals surface area contributed by atoms with Crippen molar-refractivity contribution in [3.8, 4) is 5.75 Å². The molecule has 1 aliphatic heterocycles. The minimum absolute atomic E-state index is 0.0987. The van der Waals surface area contributed by atoms with Crippen LogP contribution in [0, 0.1) is 0 Å². The lowest BCUT2D eigenvalue weighted by Crippen LogP contribution is -2.46. The van der Waals surface area contributed by atoms with E-state index >= 15 is 0 Å². The van der Waals surface area contributed by atoms with Crippen molar-refractivity contribution in [3.63, 3.8) is 0 Å². The minimum Gasteiger partial charge on any atom is -0.490 e. The number of hydrogen-bond donors (Lipinski definition) is 2. The number of aromatic nitrogens is 1. The van der Waals surface area contributed by atoms with E-state index in [2.05, 4.69) is 10.3 Å². The second kappa shape index (κ2) is 4.67. The van der Waals surface area contributed by atoms with Gasteiger partial charge in [-0.2, -0.15) is 0 Å². The Morgan fingerprint density at radius 2 is 2.50 bits per heavy atom. The lowest BCUT2D eigenvalue weighted by atomic mass is 10.1. The maximum absolute atomic E-state index is 11.0. The fourth-order valence-corrected chi connectivity index (χ4v) is 1.56. The molecule has 1 unspecified atom stereocenters. The fourth-order valence-electron chi connectivity index (χ4n) is 1.37. The molecule has 1 aromatic rings. The number of ether oxygens (including phenoxy) is 1. The predicted octanol–water partition coefficient (Wildman–Crippen LogP) is 0.575. The number of nitrogens with zero attached hydrogens (tertiary/aromatic N) is 1. The quantitative estimate of drug-likeness (QED) is 0.756. The molecule has 0 aliphatic carbocycles. The monoisotopic (exact) mass is 241 g/mol. The van der Waals surface area contributed by atoms with Crippen molar-refractivity contribution in [2.45, 2.75) is 12.5 Å². The summed E-state index contributed by atoms with van der Waals surface area (Å²) in [6.45, 7) is 1.58. The predicted molar refractivity (Wildman–Crippen MR) is 59.7 cm³/mol. The highest BCUT2D eigenvalue weighted by Crippen LogP contribution is 2.19. The van der Waals surface area contributed by atoms with Gasteiger partial charge in [0.25, 0.3) is 5.91 Å². The number of amides is 1. The summed E-state index contributed by atoms with van der Waals surface area (Å²) < 4.78 is 5.46. The molecule has 0 saturated carbocycles. The van der Waals surface area contributed by atoms with Crippen LogP contribution in [0.4, 0.5) is 0 Å². The SMILES string of the molecule is NC(=O)c1cc(OCC2CCN2)cnc1Cl. The molecule has 1 aliphatic rings. The van der Waals surface area contributed by atoms with Crippen LogP contribution in [0.15, 0.2) is 12.3 Å². The van der Waals surface area contributed by atoms with Crippen LogP contribution in [0.3, 0.4) is 0 Å². The molecule has 0 spiro atoms. The van der Waals surface area contributed by atoms with Gasteiger partial charge in [-0.25, -0.2) is 4.98 Å². The molecule has 6 heteroatoms. The second-order valence-electron chi connectivity index (χ2n) is 3.62. The number of carbonyl (C=O) groups is 1. The van der Waals surface area contributed by atoms with Gasteiger partial charge >= 0.3 is 0 Å². The van der Waals surface area contributed by atoms with Crippen molar-refractivity contribution in [2.24, 2.45) is 5.73 Å². The lowest BCUT2D eigenvalue weighted by Gasteiger charge is -2.27. The molecule has 1 saturated heterocycles. The number of halogens is 1. The third-order valence-electron chi connectivity index (χ3n) is 2.46. The maximum Gasteiger partial charge on any atom is 0.251 e. The summed E-state index contributed by atoms with van der Waals surface area (Å²) in [4.78, 5) is 14.9. The van der Waals surface area contributed by atoms with Crippen LogP contribution in [0.5, 0.6) is 5.75 Å². The molecule has 1 amide bonds. The summed E-state index contributed by atoms with van der Waals surface area (Å²) in [5.41, 5.74) is 5.33. The van der Waals surface area contributed by atoms with Gasteiger partial charge in [0.15, 0.2) is 0 Å². The van der Waals surface area contributed by atoms with Gasteiger partial charge in [0.1, 0.15) is 17.5 Å². The molecule has 16 heavy (non-hydrogen) atoms. The third-order valence-corrected chi connectivity index (χ3v) is 2.76. The van der Waals surface area contributed by atoms with Crippen LogP contribution in [-0.4, -0.2) is 30.1 Å². The Bertz CT molecular complexity index is 407. The molecule has 3 N–H and O–H groups in total. The van der Waals surface area contributed by atoms with Crippen molar-refractivity contribution in [1.82, 2.24) is 10.3 Å². The van der Waals surface area contributed by atoms with E-state index in [4.69, 9.17) is 22.1 Å². The zero-order valence-corrected chi connectivity index (χ0v) is 9.33. The number of pyridine rings is 1. The van der Waals surface area contributed by atoms with Crippen molar-refractivity contribution in [2.75, 3.05) is 13.2 Å². The largest absolute Gasteiger partial charge is 0.490 e. The summed E-state index contributed by atoms with van der Waals surface area (Å²) in [5, 5.41) is 3.30. The first-order chi connectivity index (χ1) is 7.66.